The van der Waals surface area contributed by atoms with E-state index in [1.54, 1.807) is 0 Å². The summed E-state index contributed by atoms with van der Waals surface area (Å²) in [5.41, 5.74) is 0.584. The molecule has 2 fully saturated rings. The Balaban J connectivity index is 1.43. The van der Waals surface area contributed by atoms with Crippen LogP contribution in [0, 0.1) is 11.3 Å². The van der Waals surface area contributed by atoms with Crippen molar-refractivity contribution in [1.82, 2.24) is 15.1 Å². The zero-order valence-corrected chi connectivity index (χ0v) is 16.0. The van der Waals surface area contributed by atoms with Gasteiger partial charge in [0.05, 0.1) is 12.6 Å². The molecule has 1 aromatic carbocycles. The summed E-state index contributed by atoms with van der Waals surface area (Å²) in [5.74, 6) is -0.0169. The lowest BCUT2D eigenvalue weighted by Crippen LogP contribution is -2.54. The second-order valence-corrected chi connectivity index (χ2v) is 7.92. The highest BCUT2D eigenvalue weighted by Gasteiger charge is 2.34. The third kappa shape index (κ3) is 5.20. The van der Waals surface area contributed by atoms with Crippen molar-refractivity contribution in [2.75, 3.05) is 32.7 Å². The summed E-state index contributed by atoms with van der Waals surface area (Å²) in [5, 5.41) is 13.3. The molecule has 1 heterocycles. The molecular formula is C20H27ClN4O. The van der Waals surface area contributed by atoms with Crippen molar-refractivity contribution in [3.63, 3.8) is 0 Å². The molecule has 1 aliphatic carbocycles. The van der Waals surface area contributed by atoms with Crippen LogP contribution in [-0.4, -0.2) is 54.0 Å². The highest BCUT2D eigenvalue weighted by molar-refractivity contribution is 6.30. The molecule has 1 aromatic rings. The van der Waals surface area contributed by atoms with Crippen molar-refractivity contribution in [3.8, 4) is 6.07 Å². The molecule has 6 heteroatoms. The molecule has 1 aliphatic heterocycles. The summed E-state index contributed by atoms with van der Waals surface area (Å²) in [6.07, 6.45) is 4.77. The Morgan fingerprint density at radius 3 is 2.50 bits per heavy atom. The van der Waals surface area contributed by atoms with Crippen molar-refractivity contribution in [3.05, 3.63) is 34.9 Å². The van der Waals surface area contributed by atoms with Crippen LogP contribution in [-0.2, 0) is 11.3 Å². The SMILES string of the molecule is N#CC1(NC(=O)CN2CCN(Cc3cccc(Cl)c3)CC2)CCCCC1. The van der Waals surface area contributed by atoms with Crippen LogP contribution in [0.5, 0.6) is 0 Å². The number of nitriles is 1. The van der Waals surface area contributed by atoms with Gasteiger partial charge in [0.25, 0.3) is 0 Å². The molecule has 5 nitrogen and oxygen atoms in total. The van der Waals surface area contributed by atoms with E-state index in [9.17, 15) is 10.1 Å². The largest absolute Gasteiger partial charge is 0.337 e. The second-order valence-electron chi connectivity index (χ2n) is 7.48. The summed E-state index contributed by atoms with van der Waals surface area (Å²) < 4.78 is 0. The van der Waals surface area contributed by atoms with Gasteiger partial charge in [0.2, 0.25) is 5.91 Å². The summed E-state index contributed by atoms with van der Waals surface area (Å²) in [6.45, 7) is 4.88. The normalized spacial score (nSPS) is 21.1. The van der Waals surface area contributed by atoms with Crippen molar-refractivity contribution >= 4 is 17.5 Å². The summed E-state index contributed by atoms with van der Waals surface area (Å²) in [6, 6.07) is 10.3. The highest BCUT2D eigenvalue weighted by Crippen LogP contribution is 2.27. The molecule has 0 radical (unpaired) electrons. The Morgan fingerprint density at radius 2 is 1.85 bits per heavy atom. The maximum atomic E-state index is 12.4. The van der Waals surface area contributed by atoms with Crippen LogP contribution in [0.3, 0.4) is 0 Å². The van der Waals surface area contributed by atoms with Crippen molar-refractivity contribution in [1.29, 1.82) is 5.26 Å². The summed E-state index contributed by atoms with van der Waals surface area (Å²) in [4.78, 5) is 17.0. The Morgan fingerprint density at radius 1 is 1.15 bits per heavy atom. The molecule has 140 valence electrons. The Bertz CT molecular complexity index is 658. The first kappa shape index (κ1) is 19.2. The zero-order valence-electron chi connectivity index (χ0n) is 15.2. The molecule has 0 atom stereocenters. The fourth-order valence-corrected chi connectivity index (χ4v) is 4.14. The standard InChI is InChI=1S/C20H27ClN4O/c21-18-6-4-5-17(13-18)14-24-9-11-25(12-10-24)15-19(26)23-20(16-22)7-2-1-3-8-20/h4-6,13H,1-3,7-12,14-15H2,(H,23,26). The van der Waals surface area contributed by atoms with Gasteiger partial charge in [-0.05, 0) is 30.5 Å². The van der Waals surface area contributed by atoms with Gasteiger partial charge in [0.1, 0.15) is 5.54 Å². The number of halogens is 1. The van der Waals surface area contributed by atoms with E-state index in [1.807, 2.05) is 18.2 Å². The topological polar surface area (TPSA) is 59.4 Å². The number of nitrogens with zero attached hydrogens (tertiary/aromatic N) is 3. The second kappa shape index (κ2) is 8.85. The van der Waals surface area contributed by atoms with E-state index in [-0.39, 0.29) is 5.91 Å². The van der Waals surface area contributed by atoms with Crippen LogP contribution in [0.25, 0.3) is 0 Å². The van der Waals surface area contributed by atoms with Gasteiger partial charge in [-0.25, -0.2) is 0 Å². The van der Waals surface area contributed by atoms with E-state index in [0.29, 0.717) is 6.54 Å². The predicted molar refractivity (Wildman–Crippen MR) is 103 cm³/mol. The molecule has 0 aromatic heterocycles. The average Bonchev–Trinajstić information content (AvgIpc) is 2.64. The number of carbonyl (C=O) groups is 1. The molecule has 1 N–H and O–H groups in total. The molecule has 1 saturated heterocycles. The van der Waals surface area contributed by atoms with Crippen molar-refractivity contribution < 1.29 is 4.79 Å². The molecule has 0 spiro atoms. The number of amides is 1. The van der Waals surface area contributed by atoms with E-state index in [4.69, 9.17) is 11.6 Å². The monoisotopic (exact) mass is 374 g/mol. The summed E-state index contributed by atoms with van der Waals surface area (Å²) >= 11 is 6.05. The van der Waals surface area contributed by atoms with E-state index >= 15 is 0 Å². The van der Waals surface area contributed by atoms with Crippen LogP contribution in [0.4, 0.5) is 0 Å². The fourth-order valence-electron chi connectivity index (χ4n) is 3.93. The molecule has 3 rings (SSSR count). The third-order valence-corrected chi connectivity index (χ3v) is 5.66. The van der Waals surface area contributed by atoms with Gasteiger partial charge < -0.3 is 5.32 Å². The van der Waals surface area contributed by atoms with Crippen LogP contribution in [0.1, 0.15) is 37.7 Å². The lowest BCUT2D eigenvalue weighted by atomic mass is 9.83. The smallest absolute Gasteiger partial charge is 0.235 e. The first-order valence-electron chi connectivity index (χ1n) is 9.50. The van der Waals surface area contributed by atoms with Crippen molar-refractivity contribution in [2.45, 2.75) is 44.2 Å². The Kier molecular flexibility index (Phi) is 6.53. The molecule has 0 bridgehead atoms. The average molecular weight is 375 g/mol. The molecule has 26 heavy (non-hydrogen) atoms. The number of hydrogen-bond acceptors (Lipinski definition) is 4. The van der Waals surface area contributed by atoms with Gasteiger partial charge in [0, 0.05) is 37.7 Å². The molecule has 1 amide bonds. The predicted octanol–water partition coefficient (Wildman–Crippen LogP) is 2.80. The Hall–Kier alpha value is -1.61. The maximum Gasteiger partial charge on any atom is 0.235 e. The lowest BCUT2D eigenvalue weighted by molar-refractivity contribution is -0.124. The van der Waals surface area contributed by atoms with Crippen LogP contribution in [0.2, 0.25) is 5.02 Å². The maximum absolute atomic E-state index is 12.4. The van der Waals surface area contributed by atoms with Crippen molar-refractivity contribution in [2.24, 2.45) is 0 Å². The lowest BCUT2D eigenvalue weighted by Gasteiger charge is -2.36. The van der Waals surface area contributed by atoms with E-state index < -0.39 is 5.54 Å². The summed E-state index contributed by atoms with van der Waals surface area (Å²) in [7, 11) is 0. The highest BCUT2D eigenvalue weighted by atomic mass is 35.5. The van der Waals surface area contributed by atoms with Crippen LogP contribution in [0.15, 0.2) is 24.3 Å². The number of nitrogens with one attached hydrogen (secondary N) is 1. The number of carbonyl (C=O) groups excluding carboxylic acids is 1. The van der Waals surface area contributed by atoms with Gasteiger partial charge in [-0.2, -0.15) is 5.26 Å². The fraction of sp³-hybridized carbons (Fsp3) is 0.600. The number of piperazine rings is 1. The first-order valence-corrected chi connectivity index (χ1v) is 9.88. The molecule has 1 saturated carbocycles. The quantitative estimate of drug-likeness (QED) is 0.860. The zero-order chi connectivity index (χ0) is 18.4. The van der Waals surface area contributed by atoms with Gasteiger partial charge in [-0.1, -0.05) is 43.0 Å². The molecular weight excluding hydrogens is 348 g/mol. The van der Waals surface area contributed by atoms with E-state index in [1.165, 1.54) is 5.56 Å². The van der Waals surface area contributed by atoms with Gasteiger partial charge in [0.15, 0.2) is 0 Å². The van der Waals surface area contributed by atoms with Crippen LogP contribution >= 0.6 is 11.6 Å². The van der Waals surface area contributed by atoms with Gasteiger partial charge >= 0.3 is 0 Å². The van der Waals surface area contributed by atoms with Gasteiger partial charge in [-0.3, -0.25) is 14.6 Å². The minimum atomic E-state index is -0.635. The minimum absolute atomic E-state index is 0.0169. The number of benzene rings is 1. The van der Waals surface area contributed by atoms with E-state index in [2.05, 4.69) is 27.3 Å². The molecule has 0 unspecified atom stereocenters. The number of rotatable bonds is 5. The minimum Gasteiger partial charge on any atom is -0.337 e. The first-order chi connectivity index (χ1) is 12.6. The third-order valence-electron chi connectivity index (χ3n) is 5.43. The number of hydrogen-bond donors (Lipinski definition) is 1. The molecule has 2 aliphatic rings. The Labute approximate surface area is 160 Å². The van der Waals surface area contributed by atoms with Crippen LogP contribution < -0.4 is 5.32 Å². The van der Waals surface area contributed by atoms with Gasteiger partial charge in [-0.15, -0.1) is 0 Å². The van der Waals surface area contributed by atoms with E-state index in [0.717, 1.165) is 69.9 Å².